The number of nitrogens with zero attached hydrogens (tertiary/aromatic N) is 2. The first-order chi connectivity index (χ1) is 10.9. The molecule has 0 amide bonds. The summed E-state index contributed by atoms with van der Waals surface area (Å²) < 4.78 is 28.8. The summed E-state index contributed by atoms with van der Waals surface area (Å²) in [4.78, 5) is 12.2. The molecular weight excluding hydrogens is 380 g/mol. The predicted molar refractivity (Wildman–Crippen MR) is 94.1 cm³/mol. The number of sulfonamides is 1. The van der Waals surface area contributed by atoms with Crippen LogP contribution < -0.4 is 5.56 Å². The third-order valence-corrected chi connectivity index (χ3v) is 6.41. The van der Waals surface area contributed by atoms with Gasteiger partial charge in [0.25, 0.3) is 5.56 Å². The van der Waals surface area contributed by atoms with Crippen molar-refractivity contribution in [3.8, 4) is 0 Å². The largest absolute Gasteiger partial charge is 0.310 e. The quantitative estimate of drug-likeness (QED) is 0.751. The second kappa shape index (κ2) is 7.42. The molecule has 124 valence electrons. The van der Waals surface area contributed by atoms with Crippen molar-refractivity contribution in [2.24, 2.45) is 0 Å². The number of pyridine rings is 1. The number of rotatable bonds is 6. The maximum atomic E-state index is 12.6. The molecule has 0 saturated carbocycles. The Morgan fingerprint density at radius 3 is 2.35 bits per heavy atom. The van der Waals surface area contributed by atoms with E-state index in [0.29, 0.717) is 19.6 Å². The molecule has 0 atom stereocenters. The van der Waals surface area contributed by atoms with Crippen molar-refractivity contribution in [3.05, 3.63) is 63.0 Å². The van der Waals surface area contributed by atoms with E-state index in [-0.39, 0.29) is 10.5 Å². The normalized spacial score (nSPS) is 11.8. The molecule has 0 unspecified atom stereocenters. The number of benzene rings is 1. The lowest BCUT2D eigenvalue weighted by atomic mass is 10.2. The molecular formula is C16H19BrN2O3S. The van der Waals surface area contributed by atoms with Crippen molar-refractivity contribution in [1.82, 2.24) is 8.87 Å². The minimum atomic E-state index is -3.58. The Morgan fingerprint density at radius 1 is 1.09 bits per heavy atom. The van der Waals surface area contributed by atoms with Crippen LogP contribution in [0.2, 0.25) is 0 Å². The van der Waals surface area contributed by atoms with E-state index in [0.717, 1.165) is 10.0 Å². The first kappa shape index (κ1) is 17.9. The Bertz CT molecular complexity index is 842. The molecule has 0 aliphatic heterocycles. The van der Waals surface area contributed by atoms with Crippen LogP contribution in [0.25, 0.3) is 0 Å². The van der Waals surface area contributed by atoms with Gasteiger partial charge in [0.2, 0.25) is 10.0 Å². The van der Waals surface area contributed by atoms with Crippen molar-refractivity contribution in [1.29, 1.82) is 0 Å². The van der Waals surface area contributed by atoms with E-state index in [2.05, 4.69) is 15.9 Å². The molecule has 0 aliphatic rings. The summed E-state index contributed by atoms with van der Waals surface area (Å²) in [6.45, 7) is 4.67. The lowest BCUT2D eigenvalue weighted by Crippen LogP contribution is -2.32. The second-order valence-electron chi connectivity index (χ2n) is 5.01. The molecule has 0 fully saturated rings. The van der Waals surface area contributed by atoms with Crippen LogP contribution in [-0.2, 0) is 16.6 Å². The van der Waals surface area contributed by atoms with Crippen molar-refractivity contribution in [2.75, 3.05) is 13.1 Å². The van der Waals surface area contributed by atoms with Gasteiger partial charge in [0.15, 0.2) is 0 Å². The fourth-order valence-corrected chi connectivity index (χ4v) is 4.20. The van der Waals surface area contributed by atoms with Crippen LogP contribution in [0.5, 0.6) is 0 Å². The van der Waals surface area contributed by atoms with Crippen LogP contribution in [-0.4, -0.2) is 30.4 Å². The average Bonchev–Trinajstić information content (AvgIpc) is 2.52. The number of aromatic nitrogens is 1. The fraction of sp³-hybridized carbons (Fsp3) is 0.312. The first-order valence-electron chi connectivity index (χ1n) is 7.34. The zero-order valence-corrected chi connectivity index (χ0v) is 15.5. The Kier molecular flexibility index (Phi) is 5.78. The van der Waals surface area contributed by atoms with Crippen LogP contribution in [0, 0.1) is 0 Å². The van der Waals surface area contributed by atoms with Gasteiger partial charge in [-0.3, -0.25) is 4.79 Å². The van der Waals surface area contributed by atoms with Crippen LogP contribution in [0.4, 0.5) is 0 Å². The molecule has 0 saturated heterocycles. The van der Waals surface area contributed by atoms with Crippen LogP contribution >= 0.6 is 15.9 Å². The summed E-state index contributed by atoms with van der Waals surface area (Å²) in [5.41, 5.74) is 0.672. The van der Waals surface area contributed by atoms with Crippen molar-refractivity contribution in [3.63, 3.8) is 0 Å². The van der Waals surface area contributed by atoms with Gasteiger partial charge >= 0.3 is 0 Å². The molecule has 0 spiro atoms. The Labute approximate surface area is 144 Å². The highest BCUT2D eigenvalue weighted by atomic mass is 79.9. The maximum Gasteiger partial charge on any atom is 0.250 e. The third kappa shape index (κ3) is 3.91. The van der Waals surface area contributed by atoms with Crippen molar-refractivity contribution in [2.45, 2.75) is 25.3 Å². The first-order valence-corrected chi connectivity index (χ1v) is 9.57. The standard InChI is InChI=1S/C16H19BrN2O3S/c1-3-19(4-2)23(21,22)14-9-10-16(20)18(12-14)11-13-7-5-6-8-15(13)17/h5-10,12H,3-4,11H2,1-2H3. The molecule has 7 heteroatoms. The Morgan fingerprint density at radius 2 is 1.74 bits per heavy atom. The molecule has 2 aromatic rings. The van der Waals surface area contributed by atoms with Gasteiger partial charge in [-0.1, -0.05) is 48.0 Å². The lowest BCUT2D eigenvalue weighted by Gasteiger charge is -2.19. The van der Waals surface area contributed by atoms with Gasteiger partial charge in [-0.2, -0.15) is 4.31 Å². The molecule has 0 bridgehead atoms. The topological polar surface area (TPSA) is 59.4 Å². The van der Waals surface area contributed by atoms with Gasteiger partial charge in [0.1, 0.15) is 0 Å². The SMILES string of the molecule is CCN(CC)S(=O)(=O)c1ccc(=O)n(Cc2ccccc2Br)c1. The Balaban J connectivity index is 2.44. The van der Waals surface area contributed by atoms with Gasteiger partial charge in [-0.05, 0) is 17.7 Å². The van der Waals surface area contributed by atoms with E-state index >= 15 is 0 Å². The Hall–Kier alpha value is -1.44. The van der Waals surface area contributed by atoms with E-state index in [1.54, 1.807) is 13.8 Å². The van der Waals surface area contributed by atoms with Gasteiger partial charge in [-0.25, -0.2) is 8.42 Å². The van der Waals surface area contributed by atoms with E-state index in [1.807, 2.05) is 24.3 Å². The number of hydrogen-bond donors (Lipinski definition) is 0. The van der Waals surface area contributed by atoms with Crippen molar-refractivity contribution >= 4 is 26.0 Å². The summed E-state index contributed by atoms with van der Waals surface area (Å²) in [5.74, 6) is 0. The van der Waals surface area contributed by atoms with Gasteiger partial charge in [0.05, 0.1) is 11.4 Å². The summed E-state index contributed by atoms with van der Waals surface area (Å²) >= 11 is 3.44. The average molecular weight is 399 g/mol. The molecule has 1 heterocycles. The van der Waals surface area contributed by atoms with Crippen LogP contribution in [0.3, 0.4) is 0 Å². The minimum absolute atomic E-state index is 0.132. The molecule has 1 aromatic heterocycles. The van der Waals surface area contributed by atoms with Crippen LogP contribution in [0.15, 0.2) is 56.8 Å². The summed E-state index contributed by atoms with van der Waals surface area (Å²) in [7, 11) is -3.58. The molecule has 1 aromatic carbocycles. The summed E-state index contributed by atoms with van der Waals surface area (Å²) in [6.07, 6.45) is 1.41. The zero-order valence-electron chi connectivity index (χ0n) is 13.1. The van der Waals surface area contributed by atoms with Gasteiger partial charge < -0.3 is 4.57 Å². The molecule has 5 nitrogen and oxygen atoms in total. The molecule has 0 radical (unpaired) electrons. The summed E-state index contributed by atoms with van der Waals surface area (Å²) in [6, 6.07) is 10.2. The summed E-state index contributed by atoms with van der Waals surface area (Å²) in [5, 5.41) is 0. The van der Waals surface area contributed by atoms with E-state index in [4.69, 9.17) is 0 Å². The van der Waals surface area contributed by atoms with E-state index in [1.165, 1.54) is 27.2 Å². The van der Waals surface area contributed by atoms with E-state index in [9.17, 15) is 13.2 Å². The zero-order chi connectivity index (χ0) is 17.0. The minimum Gasteiger partial charge on any atom is -0.310 e. The van der Waals surface area contributed by atoms with E-state index < -0.39 is 10.0 Å². The predicted octanol–water partition coefficient (Wildman–Crippen LogP) is 2.69. The molecule has 23 heavy (non-hydrogen) atoms. The van der Waals surface area contributed by atoms with Gasteiger partial charge in [-0.15, -0.1) is 0 Å². The van der Waals surface area contributed by atoms with Crippen molar-refractivity contribution < 1.29 is 8.42 Å². The van der Waals surface area contributed by atoms with Crippen LogP contribution in [0.1, 0.15) is 19.4 Å². The maximum absolute atomic E-state index is 12.6. The smallest absolute Gasteiger partial charge is 0.250 e. The highest BCUT2D eigenvalue weighted by Gasteiger charge is 2.22. The highest BCUT2D eigenvalue weighted by Crippen LogP contribution is 2.18. The highest BCUT2D eigenvalue weighted by molar-refractivity contribution is 9.10. The number of halogens is 1. The second-order valence-corrected chi connectivity index (χ2v) is 7.80. The monoisotopic (exact) mass is 398 g/mol. The molecule has 0 aliphatic carbocycles. The third-order valence-electron chi connectivity index (χ3n) is 3.60. The molecule has 0 N–H and O–H groups in total. The fourth-order valence-electron chi connectivity index (χ4n) is 2.31. The number of hydrogen-bond acceptors (Lipinski definition) is 3. The lowest BCUT2D eigenvalue weighted by molar-refractivity contribution is 0.444. The molecule has 2 rings (SSSR count). The van der Waals surface area contributed by atoms with Gasteiger partial charge in [0, 0.05) is 29.8 Å².